The molecule has 0 aromatic carbocycles. The highest BCUT2D eigenvalue weighted by Crippen LogP contribution is 2.19. The van der Waals surface area contributed by atoms with Crippen LogP contribution in [0.5, 0.6) is 0 Å². The lowest BCUT2D eigenvalue weighted by Crippen LogP contribution is -2.43. The van der Waals surface area contributed by atoms with Gasteiger partial charge in [-0.1, -0.05) is 10.2 Å². The monoisotopic (exact) mass is 407 g/mol. The van der Waals surface area contributed by atoms with Crippen molar-refractivity contribution >= 4 is 47.3 Å². The molecule has 0 aliphatic heterocycles. The Labute approximate surface area is 163 Å². The second-order valence-electron chi connectivity index (χ2n) is 6.60. The minimum atomic E-state index is -3.73. The molecule has 2 aromatic rings. The van der Waals surface area contributed by atoms with E-state index in [9.17, 15) is 18.0 Å². The Kier molecular flexibility index (Phi) is 6.90. The van der Waals surface area contributed by atoms with Gasteiger partial charge < -0.3 is 4.74 Å². The molecule has 27 heavy (non-hydrogen) atoms. The average molecular weight is 407 g/mol. The molecular formula is C15H19B2N3O5S2. The van der Waals surface area contributed by atoms with Gasteiger partial charge in [0.25, 0.3) is 5.56 Å². The standard InChI is InChI=1S/C15H19B2N3O5S2/c1-15(2,19-27(23,24)12-8-10(16)13(17)26-12)5-3-7-25-9-20-6-4-11(21)18-14(20)22/h4,6,8,19H,3,5,7,9H2,1-2H3,(H,18,21,22). The number of nitrogens with one attached hydrogen (secondary N) is 2. The van der Waals surface area contributed by atoms with E-state index in [1.165, 1.54) is 22.9 Å². The third-order valence-electron chi connectivity index (χ3n) is 3.66. The Balaban J connectivity index is 1.83. The van der Waals surface area contributed by atoms with Gasteiger partial charge in [0.1, 0.15) is 26.6 Å². The van der Waals surface area contributed by atoms with Crippen molar-refractivity contribution in [3.63, 3.8) is 0 Å². The molecule has 12 heteroatoms. The molecule has 0 atom stereocenters. The van der Waals surface area contributed by atoms with E-state index in [0.29, 0.717) is 19.4 Å². The number of hydrogen-bond donors (Lipinski definition) is 2. The van der Waals surface area contributed by atoms with Crippen molar-refractivity contribution in [3.05, 3.63) is 39.2 Å². The molecule has 0 saturated carbocycles. The number of H-pyrrole nitrogens is 1. The number of nitrogens with zero attached hydrogens (tertiary/aromatic N) is 1. The summed E-state index contributed by atoms with van der Waals surface area (Å²) in [4.78, 5) is 24.6. The Morgan fingerprint density at radius 2 is 2.04 bits per heavy atom. The second-order valence-corrected chi connectivity index (χ2v) is 9.59. The first-order valence-corrected chi connectivity index (χ1v) is 10.4. The molecule has 2 aromatic heterocycles. The third kappa shape index (κ3) is 6.20. The minimum Gasteiger partial charge on any atom is -0.361 e. The van der Waals surface area contributed by atoms with Gasteiger partial charge in [0.2, 0.25) is 10.0 Å². The van der Waals surface area contributed by atoms with E-state index >= 15 is 0 Å². The lowest BCUT2D eigenvalue weighted by Gasteiger charge is -2.25. The molecular weight excluding hydrogens is 388 g/mol. The van der Waals surface area contributed by atoms with Crippen LogP contribution in [0.1, 0.15) is 26.7 Å². The first kappa shape index (κ1) is 21.7. The normalized spacial score (nSPS) is 12.4. The number of sulfonamides is 1. The largest absolute Gasteiger partial charge is 0.361 e. The van der Waals surface area contributed by atoms with Crippen LogP contribution in [-0.4, -0.2) is 45.8 Å². The summed E-state index contributed by atoms with van der Waals surface area (Å²) in [5.74, 6) is 0. The number of thiophene rings is 1. The first-order chi connectivity index (χ1) is 12.5. The van der Waals surface area contributed by atoms with Gasteiger partial charge in [-0.05, 0) is 32.8 Å². The highest BCUT2D eigenvalue weighted by atomic mass is 32.2. The molecule has 0 bridgehead atoms. The highest BCUT2D eigenvalue weighted by Gasteiger charge is 2.27. The van der Waals surface area contributed by atoms with Gasteiger partial charge in [-0.15, -0.1) is 11.3 Å². The molecule has 0 aliphatic carbocycles. The molecule has 8 nitrogen and oxygen atoms in total. The van der Waals surface area contributed by atoms with E-state index in [4.69, 9.17) is 20.4 Å². The predicted octanol–water partition coefficient (Wildman–Crippen LogP) is -1.30. The van der Waals surface area contributed by atoms with Crippen molar-refractivity contribution in [1.29, 1.82) is 0 Å². The molecule has 0 saturated heterocycles. The summed E-state index contributed by atoms with van der Waals surface area (Å²) < 4.78 is 34.5. The van der Waals surface area contributed by atoms with Crippen LogP contribution < -0.4 is 26.2 Å². The van der Waals surface area contributed by atoms with Crippen LogP contribution >= 0.6 is 11.3 Å². The molecule has 2 rings (SSSR count). The van der Waals surface area contributed by atoms with Crippen LogP contribution in [0.15, 0.2) is 32.1 Å². The van der Waals surface area contributed by atoms with Crippen LogP contribution in [0.4, 0.5) is 0 Å². The molecule has 0 amide bonds. The van der Waals surface area contributed by atoms with Crippen LogP contribution in [0.3, 0.4) is 0 Å². The summed E-state index contributed by atoms with van der Waals surface area (Å²) in [6.07, 6.45) is 2.41. The number of hydrogen-bond acceptors (Lipinski definition) is 6. The van der Waals surface area contributed by atoms with Crippen LogP contribution in [0, 0.1) is 0 Å². The quantitative estimate of drug-likeness (QED) is 0.397. The van der Waals surface area contributed by atoms with Crippen molar-refractivity contribution < 1.29 is 13.2 Å². The zero-order valence-corrected chi connectivity index (χ0v) is 16.7. The van der Waals surface area contributed by atoms with Crippen LogP contribution in [0.25, 0.3) is 0 Å². The Morgan fingerprint density at radius 1 is 1.33 bits per heavy atom. The Bertz CT molecular complexity index is 991. The van der Waals surface area contributed by atoms with Crippen molar-refractivity contribution in [2.24, 2.45) is 0 Å². The summed E-state index contributed by atoms with van der Waals surface area (Å²) in [5, 5.41) is 0. The van der Waals surface area contributed by atoms with Crippen LogP contribution in [0.2, 0.25) is 0 Å². The second kappa shape index (κ2) is 8.59. The average Bonchev–Trinajstić information content (AvgIpc) is 2.88. The molecule has 0 unspecified atom stereocenters. The minimum absolute atomic E-state index is 0.00445. The van der Waals surface area contributed by atoms with Gasteiger partial charge in [-0.2, -0.15) is 0 Å². The summed E-state index contributed by atoms with van der Waals surface area (Å²) in [5.41, 5.74) is -1.50. The zero-order valence-electron chi connectivity index (χ0n) is 15.0. The summed E-state index contributed by atoms with van der Waals surface area (Å²) in [6, 6.07) is 2.57. The lowest BCUT2D eigenvalue weighted by molar-refractivity contribution is 0.0680. The third-order valence-corrected chi connectivity index (χ3v) is 6.81. The number of rotatable bonds is 9. The number of ether oxygens (including phenoxy) is 1. The SMILES string of the molecule is [B]c1cc(S(=O)(=O)NC(C)(C)CCCOCn2ccc(=O)[nH]c2=O)sc1[B]. The zero-order chi connectivity index (χ0) is 20.2. The van der Waals surface area contributed by atoms with Gasteiger partial charge in [-0.25, -0.2) is 17.9 Å². The van der Waals surface area contributed by atoms with E-state index in [1.54, 1.807) is 13.8 Å². The molecule has 4 radical (unpaired) electrons. The summed E-state index contributed by atoms with van der Waals surface area (Å²) in [7, 11) is 7.51. The Morgan fingerprint density at radius 3 is 2.63 bits per heavy atom. The fourth-order valence-corrected chi connectivity index (χ4v) is 4.94. The van der Waals surface area contributed by atoms with E-state index in [2.05, 4.69) is 9.71 Å². The van der Waals surface area contributed by atoms with Crippen LogP contribution in [-0.2, 0) is 21.5 Å². The first-order valence-electron chi connectivity index (χ1n) is 8.06. The molecule has 142 valence electrons. The fraction of sp³-hybridized carbons (Fsp3) is 0.467. The fourth-order valence-electron chi connectivity index (χ4n) is 2.32. The van der Waals surface area contributed by atoms with Gasteiger partial charge >= 0.3 is 5.69 Å². The maximum atomic E-state index is 12.4. The van der Waals surface area contributed by atoms with Gasteiger partial charge in [-0.3, -0.25) is 14.3 Å². The molecule has 2 N–H and O–H groups in total. The number of aromatic nitrogens is 2. The smallest absolute Gasteiger partial charge is 0.330 e. The van der Waals surface area contributed by atoms with E-state index in [0.717, 1.165) is 11.3 Å². The topological polar surface area (TPSA) is 110 Å². The van der Waals surface area contributed by atoms with Crippen molar-refractivity contribution in [1.82, 2.24) is 14.3 Å². The van der Waals surface area contributed by atoms with Crippen molar-refractivity contribution in [3.8, 4) is 0 Å². The van der Waals surface area contributed by atoms with Gasteiger partial charge in [0.05, 0.1) is 0 Å². The molecule has 2 heterocycles. The maximum Gasteiger partial charge on any atom is 0.330 e. The van der Waals surface area contributed by atoms with E-state index in [1.807, 2.05) is 0 Å². The lowest BCUT2D eigenvalue weighted by atomic mass is 9.89. The number of aromatic amines is 1. The molecule has 0 fully saturated rings. The molecule has 0 spiro atoms. The highest BCUT2D eigenvalue weighted by molar-refractivity contribution is 7.91. The maximum absolute atomic E-state index is 12.4. The van der Waals surface area contributed by atoms with E-state index in [-0.39, 0.29) is 21.2 Å². The van der Waals surface area contributed by atoms with Crippen molar-refractivity contribution in [2.75, 3.05) is 6.61 Å². The molecule has 0 aliphatic rings. The predicted molar refractivity (Wildman–Crippen MR) is 106 cm³/mol. The van der Waals surface area contributed by atoms with Gasteiger partial charge in [0, 0.05) is 24.4 Å². The Hall–Kier alpha value is -1.62. The van der Waals surface area contributed by atoms with Crippen molar-refractivity contribution in [2.45, 2.75) is 43.2 Å². The summed E-state index contributed by atoms with van der Waals surface area (Å²) in [6.45, 7) is 3.83. The summed E-state index contributed by atoms with van der Waals surface area (Å²) >= 11 is 0.914. The van der Waals surface area contributed by atoms with Gasteiger partial charge in [0.15, 0.2) is 0 Å². The van der Waals surface area contributed by atoms with E-state index < -0.39 is 26.8 Å².